The van der Waals surface area contributed by atoms with E-state index < -0.39 is 10.0 Å². The first-order valence-corrected chi connectivity index (χ1v) is 5.23. The van der Waals surface area contributed by atoms with Gasteiger partial charge in [-0.15, -0.1) is 0 Å². The van der Waals surface area contributed by atoms with E-state index in [1.165, 1.54) is 0 Å². The maximum Gasteiger partial charge on any atom is 0.208 e. The van der Waals surface area contributed by atoms with Gasteiger partial charge in [0.1, 0.15) is 0 Å². The Balaban J connectivity index is 3.81. The fourth-order valence-electron chi connectivity index (χ4n) is 0.533. The van der Waals surface area contributed by atoms with Crippen LogP contribution in [-0.4, -0.2) is 21.2 Å². The molecule has 0 saturated heterocycles. The van der Waals surface area contributed by atoms with Crippen molar-refractivity contribution in [1.29, 1.82) is 5.26 Å². The van der Waals surface area contributed by atoms with Gasteiger partial charge in [-0.05, 0) is 6.42 Å². The van der Waals surface area contributed by atoms with Gasteiger partial charge in [-0.1, -0.05) is 6.92 Å². The Morgan fingerprint density at radius 2 is 2.18 bits per heavy atom. The molecule has 1 N–H and O–H groups in total. The summed E-state index contributed by atoms with van der Waals surface area (Å²) in [6.45, 7) is 2.06. The smallest absolute Gasteiger partial charge is 0.208 e. The lowest BCUT2D eigenvalue weighted by Gasteiger charge is -2.04. The third kappa shape index (κ3) is 5.83. The minimum absolute atomic E-state index is 0.214. The molecule has 4 nitrogen and oxygen atoms in total. The minimum Gasteiger partial charge on any atom is -0.214 e. The van der Waals surface area contributed by atoms with Crippen molar-refractivity contribution in [3.8, 4) is 6.07 Å². The SMILES string of the molecule is CCC(C#N)CNS(C)(=O)=O. The molecule has 1 unspecified atom stereocenters. The summed E-state index contributed by atoms with van der Waals surface area (Å²) in [7, 11) is -3.14. The van der Waals surface area contributed by atoms with Crippen LogP contribution in [0.1, 0.15) is 13.3 Å². The molecule has 0 bridgehead atoms. The van der Waals surface area contributed by atoms with Gasteiger partial charge in [0, 0.05) is 6.54 Å². The molecule has 0 aliphatic rings. The molecule has 64 valence electrons. The maximum absolute atomic E-state index is 10.5. The molecule has 11 heavy (non-hydrogen) atoms. The van der Waals surface area contributed by atoms with E-state index in [1.54, 1.807) is 0 Å². The van der Waals surface area contributed by atoms with Crippen molar-refractivity contribution in [1.82, 2.24) is 4.72 Å². The van der Waals surface area contributed by atoms with Gasteiger partial charge in [0.05, 0.1) is 18.2 Å². The third-order valence-electron chi connectivity index (χ3n) is 1.27. The van der Waals surface area contributed by atoms with Crippen LogP contribution in [0.4, 0.5) is 0 Å². The molecule has 0 aromatic heterocycles. The van der Waals surface area contributed by atoms with E-state index in [0.717, 1.165) is 6.26 Å². The van der Waals surface area contributed by atoms with Crippen molar-refractivity contribution in [3.05, 3.63) is 0 Å². The Morgan fingerprint density at radius 3 is 2.45 bits per heavy atom. The fraction of sp³-hybridized carbons (Fsp3) is 0.833. The standard InChI is InChI=1S/C6H12N2O2S/c1-3-6(4-7)5-8-11(2,9)10/h6,8H,3,5H2,1-2H3. The largest absolute Gasteiger partial charge is 0.214 e. The molecule has 0 spiro atoms. The van der Waals surface area contributed by atoms with Crippen molar-refractivity contribution < 1.29 is 8.42 Å². The molecular weight excluding hydrogens is 164 g/mol. The van der Waals surface area contributed by atoms with Crippen molar-refractivity contribution in [2.24, 2.45) is 5.92 Å². The summed E-state index contributed by atoms with van der Waals surface area (Å²) in [5.74, 6) is -0.218. The number of nitrogens with one attached hydrogen (secondary N) is 1. The third-order valence-corrected chi connectivity index (χ3v) is 1.96. The number of nitrogens with zero attached hydrogens (tertiary/aromatic N) is 1. The zero-order valence-corrected chi connectivity index (χ0v) is 7.48. The molecule has 0 aromatic carbocycles. The van der Waals surface area contributed by atoms with Crippen molar-refractivity contribution in [2.45, 2.75) is 13.3 Å². The Kier molecular flexibility index (Phi) is 4.08. The average molecular weight is 176 g/mol. The van der Waals surface area contributed by atoms with E-state index in [0.29, 0.717) is 6.42 Å². The molecule has 0 aliphatic heterocycles. The summed E-state index contributed by atoms with van der Waals surface area (Å²) in [5.41, 5.74) is 0. The Morgan fingerprint density at radius 1 is 1.64 bits per heavy atom. The van der Waals surface area contributed by atoms with Gasteiger partial charge in [0.15, 0.2) is 0 Å². The van der Waals surface area contributed by atoms with E-state index in [1.807, 2.05) is 13.0 Å². The van der Waals surface area contributed by atoms with Gasteiger partial charge >= 0.3 is 0 Å². The molecule has 0 amide bonds. The number of nitriles is 1. The fourth-order valence-corrected chi connectivity index (χ4v) is 1.04. The van der Waals surface area contributed by atoms with E-state index in [2.05, 4.69) is 4.72 Å². The van der Waals surface area contributed by atoms with Gasteiger partial charge in [-0.2, -0.15) is 5.26 Å². The molecule has 1 atom stereocenters. The number of hydrogen-bond acceptors (Lipinski definition) is 3. The number of sulfonamides is 1. The highest BCUT2D eigenvalue weighted by molar-refractivity contribution is 7.88. The van der Waals surface area contributed by atoms with Crippen LogP contribution in [0.25, 0.3) is 0 Å². The second-order valence-electron chi connectivity index (χ2n) is 2.35. The summed E-state index contributed by atoms with van der Waals surface area (Å²) in [5, 5.41) is 8.44. The molecule has 0 fully saturated rings. The van der Waals surface area contributed by atoms with Crippen LogP contribution < -0.4 is 4.72 Å². The first kappa shape index (κ1) is 10.4. The lowest BCUT2D eigenvalue weighted by Crippen LogP contribution is -2.27. The van der Waals surface area contributed by atoms with Crippen LogP contribution in [0, 0.1) is 17.2 Å². The molecule has 0 aliphatic carbocycles. The molecule has 0 saturated carbocycles. The van der Waals surface area contributed by atoms with Crippen LogP contribution in [0.5, 0.6) is 0 Å². The van der Waals surface area contributed by atoms with Crippen LogP contribution in [0.2, 0.25) is 0 Å². The summed E-state index contributed by atoms with van der Waals surface area (Å²) >= 11 is 0. The van der Waals surface area contributed by atoms with E-state index >= 15 is 0 Å². The predicted molar refractivity (Wildman–Crippen MR) is 42.2 cm³/mol. The summed E-state index contributed by atoms with van der Waals surface area (Å²) < 4.78 is 23.4. The number of rotatable bonds is 4. The normalized spacial score (nSPS) is 13.9. The Bertz CT molecular complexity index is 240. The minimum atomic E-state index is -3.14. The second-order valence-corrected chi connectivity index (χ2v) is 4.19. The van der Waals surface area contributed by atoms with Gasteiger partial charge in [0.25, 0.3) is 0 Å². The molecule has 0 radical (unpaired) electrons. The van der Waals surface area contributed by atoms with E-state index in [4.69, 9.17) is 5.26 Å². The van der Waals surface area contributed by atoms with Gasteiger partial charge in [-0.25, -0.2) is 13.1 Å². The summed E-state index contributed by atoms with van der Waals surface area (Å²) in [4.78, 5) is 0. The van der Waals surface area contributed by atoms with E-state index in [9.17, 15) is 8.42 Å². The summed E-state index contributed by atoms with van der Waals surface area (Å²) in [6, 6.07) is 2.00. The number of hydrogen-bond donors (Lipinski definition) is 1. The summed E-state index contributed by atoms with van der Waals surface area (Å²) in [6.07, 6.45) is 1.75. The highest BCUT2D eigenvalue weighted by Crippen LogP contribution is 1.97. The molecule has 0 aromatic rings. The zero-order valence-electron chi connectivity index (χ0n) is 6.66. The first-order valence-electron chi connectivity index (χ1n) is 3.34. The first-order chi connectivity index (χ1) is 4.99. The highest BCUT2D eigenvalue weighted by atomic mass is 32.2. The average Bonchev–Trinajstić information content (AvgIpc) is 1.88. The van der Waals surface area contributed by atoms with Crippen LogP contribution in [-0.2, 0) is 10.0 Å². The lowest BCUT2D eigenvalue weighted by molar-refractivity contribution is 0.566. The van der Waals surface area contributed by atoms with Crippen LogP contribution in [0.3, 0.4) is 0 Å². The molecule has 0 heterocycles. The molecule has 0 rings (SSSR count). The van der Waals surface area contributed by atoms with Crippen molar-refractivity contribution in [3.63, 3.8) is 0 Å². The topological polar surface area (TPSA) is 70.0 Å². The van der Waals surface area contributed by atoms with Gasteiger partial charge < -0.3 is 0 Å². The van der Waals surface area contributed by atoms with Crippen LogP contribution in [0.15, 0.2) is 0 Å². The predicted octanol–water partition coefficient (Wildman–Crippen LogP) is 0.0854. The zero-order chi connectivity index (χ0) is 8.91. The van der Waals surface area contributed by atoms with Crippen molar-refractivity contribution in [2.75, 3.05) is 12.8 Å². The van der Waals surface area contributed by atoms with Crippen LogP contribution >= 0.6 is 0 Å². The molecule has 5 heteroatoms. The molecular formula is C6H12N2O2S. The van der Waals surface area contributed by atoms with E-state index in [-0.39, 0.29) is 12.5 Å². The lowest BCUT2D eigenvalue weighted by atomic mass is 10.1. The maximum atomic E-state index is 10.5. The Hall–Kier alpha value is -0.600. The highest BCUT2D eigenvalue weighted by Gasteiger charge is 2.07. The quantitative estimate of drug-likeness (QED) is 0.659. The Labute approximate surface area is 67.3 Å². The van der Waals surface area contributed by atoms with Gasteiger partial charge in [-0.3, -0.25) is 0 Å². The van der Waals surface area contributed by atoms with Crippen molar-refractivity contribution >= 4 is 10.0 Å². The second kappa shape index (κ2) is 4.31. The monoisotopic (exact) mass is 176 g/mol. The van der Waals surface area contributed by atoms with Gasteiger partial charge in [0.2, 0.25) is 10.0 Å².